The van der Waals surface area contributed by atoms with Gasteiger partial charge in [0, 0.05) is 15.5 Å². The second-order valence-corrected chi connectivity index (χ2v) is 7.51. The van der Waals surface area contributed by atoms with Gasteiger partial charge in [0.15, 0.2) is 17.3 Å². The first-order chi connectivity index (χ1) is 11.7. The van der Waals surface area contributed by atoms with Crippen molar-refractivity contribution in [2.24, 2.45) is 0 Å². The second kappa shape index (κ2) is 6.17. The van der Waals surface area contributed by atoms with E-state index in [0.717, 1.165) is 16.0 Å². The molecular weight excluding hydrogens is 358 g/mol. The number of aromatic nitrogens is 1. The van der Waals surface area contributed by atoms with Crippen LogP contribution in [0.2, 0.25) is 5.02 Å². The number of carbonyl (C=O) groups is 3. The van der Waals surface area contributed by atoms with Crippen LogP contribution in [0, 0.1) is 13.8 Å². The van der Waals surface area contributed by atoms with E-state index in [1.54, 1.807) is 13.0 Å². The minimum absolute atomic E-state index is 0.216. The Morgan fingerprint density at radius 1 is 1.08 bits per heavy atom. The number of hydrogen-bond donors (Lipinski definition) is 0. The summed E-state index contributed by atoms with van der Waals surface area (Å²) in [5, 5.41) is 1.31. The summed E-state index contributed by atoms with van der Waals surface area (Å²) < 4.78 is 0. The Balaban J connectivity index is 2.10. The molecule has 1 heterocycles. The number of nitrogens with zero attached hydrogens (tertiary/aromatic N) is 1. The third-order valence-corrected chi connectivity index (χ3v) is 5.45. The standard InChI is InChI=1S/C19H14ClNO3S/c1-8-7-12(20)5-6-13(8)19-21-15(11(4)25-19)14-17(23)9(2)16(22)10(3)18(14)24/h5-7,14H,2-3H2,1,4H3. The van der Waals surface area contributed by atoms with Crippen molar-refractivity contribution in [3.8, 4) is 10.6 Å². The topological polar surface area (TPSA) is 64.1 Å². The van der Waals surface area contributed by atoms with Crippen molar-refractivity contribution in [1.82, 2.24) is 4.98 Å². The average Bonchev–Trinajstić information content (AvgIpc) is 2.92. The van der Waals surface area contributed by atoms with Gasteiger partial charge in [-0.2, -0.15) is 0 Å². The van der Waals surface area contributed by atoms with Crippen LogP contribution in [0.15, 0.2) is 42.5 Å². The van der Waals surface area contributed by atoms with E-state index in [1.807, 2.05) is 19.1 Å². The summed E-state index contributed by atoms with van der Waals surface area (Å²) in [7, 11) is 0. The van der Waals surface area contributed by atoms with Crippen molar-refractivity contribution in [3.63, 3.8) is 0 Å². The van der Waals surface area contributed by atoms with Gasteiger partial charge in [0.25, 0.3) is 0 Å². The number of aryl methyl sites for hydroxylation is 2. The highest BCUT2D eigenvalue weighted by molar-refractivity contribution is 7.15. The molecule has 6 heteroatoms. The van der Waals surface area contributed by atoms with Crippen LogP contribution in [-0.4, -0.2) is 22.3 Å². The molecule has 0 atom stereocenters. The fourth-order valence-corrected chi connectivity index (χ4v) is 4.05. The molecular formula is C19H14ClNO3S. The van der Waals surface area contributed by atoms with Crippen molar-refractivity contribution < 1.29 is 14.4 Å². The van der Waals surface area contributed by atoms with Crippen LogP contribution in [0.1, 0.15) is 22.1 Å². The number of carbonyl (C=O) groups excluding carboxylic acids is 3. The van der Waals surface area contributed by atoms with Crippen LogP contribution < -0.4 is 0 Å². The molecule has 0 saturated heterocycles. The molecule has 1 aromatic heterocycles. The summed E-state index contributed by atoms with van der Waals surface area (Å²) in [5.74, 6) is -3.03. The van der Waals surface area contributed by atoms with Gasteiger partial charge in [-0.3, -0.25) is 14.4 Å². The van der Waals surface area contributed by atoms with Crippen LogP contribution in [0.5, 0.6) is 0 Å². The predicted molar refractivity (Wildman–Crippen MR) is 98.1 cm³/mol. The molecule has 126 valence electrons. The number of halogens is 1. The molecule has 0 amide bonds. The van der Waals surface area contributed by atoms with E-state index in [-0.39, 0.29) is 11.1 Å². The number of rotatable bonds is 2. The molecule has 0 radical (unpaired) electrons. The van der Waals surface area contributed by atoms with E-state index in [2.05, 4.69) is 18.1 Å². The quantitative estimate of drug-likeness (QED) is 0.454. The molecule has 1 saturated carbocycles. The molecule has 0 N–H and O–H groups in total. The molecule has 2 aromatic rings. The van der Waals surface area contributed by atoms with E-state index in [9.17, 15) is 14.4 Å². The summed E-state index contributed by atoms with van der Waals surface area (Å²) in [6.45, 7) is 10.7. The summed E-state index contributed by atoms with van der Waals surface area (Å²) in [4.78, 5) is 42.0. The summed E-state index contributed by atoms with van der Waals surface area (Å²) in [6.07, 6.45) is 0. The van der Waals surface area contributed by atoms with E-state index in [4.69, 9.17) is 11.6 Å². The molecule has 1 aliphatic rings. The molecule has 4 nitrogen and oxygen atoms in total. The minimum atomic E-state index is -1.14. The van der Waals surface area contributed by atoms with E-state index in [1.165, 1.54) is 11.3 Å². The Hall–Kier alpha value is -2.37. The Bertz CT molecular complexity index is 957. The fraction of sp³-hybridized carbons (Fsp3) is 0.158. The molecule has 0 unspecified atom stereocenters. The fourth-order valence-electron chi connectivity index (χ4n) is 2.78. The highest BCUT2D eigenvalue weighted by atomic mass is 35.5. The molecule has 0 aliphatic heterocycles. The lowest BCUT2D eigenvalue weighted by molar-refractivity contribution is -0.130. The lowest BCUT2D eigenvalue weighted by Gasteiger charge is -2.20. The SMILES string of the molecule is C=C1C(=O)C(=C)C(=O)C(c2nc(-c3ccc(Cl)cc3C)sc2C)C1=O. The maximum atomic E-state index is 12.5. The van der Waals surface area contributed by atoms with E-state index in [0.29, 0.717) is 15.7 Å². The largest absolute Gasteiger partial charge is 0.293 e. The maximum absolute atomic E-state index is 12.5. The first kappa shape index (κ1) is 17.5. The summed E-state index contributed by atoms with van der Waals surface area (Å²) in [6, 6.07) is 5.44. The zero-order chi connectivity index (χ0) is 18.5. The highest BCUT2D eigenvalue weighted by Crippen LogP contribution is 2.37. The Morgan fingerprint density at radius 3 is 2.24 bits per heavy atom. The second-order valence-electron chi connectivity index (χ2n) is 5.87. The van der Waals surface area contributed by atoms with E-state index >= 15 is 0 Å². The monoisotopic (exact) mass is 371 g/mol. The molecule has 1 aliphatic carbocycles. The van der Waals surface area contributed by atoms with Crippen LogP contribution >= 0.6 is 22.9 Å². The van der Waals surface area contributed by atoms with Gasteiger partial charge in [0.1, 0.15) is 10.9 Å². The first-order valence-corrected chi connectivity index (χ1v) is 8.66. The van der Waals surface area contributed by atoms with Crippen LogP contribution in [-0.2, 0) is 14.4 Å². The lowest BCUT2D eigenvalue weighted by Crippen LogP contribution is -2.36. The van der Waals surface area contributed by atoms with Gasteiger partial charge >= 0.3 is 0 Å². The Kier molecular flexibility index (Phi) is 4.31. The normalized spacial score (nSPS) is 16.0. The molecule has 25 heavy (non-hydrogen) atoms. The van der Waals surface area contributed by atoms with Crippen molar-refractivity contribution in [2.45, 2.75) is 19.8 Å². The third kappa shape index (κ3) is 2.79. The Morgan fingerprint density at radius 2 is 1.68 bits per heavy atom. The van der Waals surface area contributed by atoms with Gasteiger partial charge < -0.3 is 0 Å². The van der Waals surface area contributed by atoms with Gasteiger partial charge in [0.2, 0.25) is 0 Å². The average molecular weight is 372 g/mol. The van der Waals surface area contributed by atoms with Crippen LogP contribution in [0.25, 0.3) is 10.6 Å². The zero-order valence-electron chi connectivity index (χ0n) is 13.7. The molecule has 3 rings (SSSR count). The maximum Gasteiger partial charge on any atom is 0.199 e. The van der Waals surface area contributed by atoms with Gasteiger partial charge in [-0.05, 0) is 31.5 Å². The van der Waals surface area contributed by atoms with Crippen molar-refractivity contribution >= 4 is 40.3 Å². The van der Waals surface area contributed by atoms with Crippen molar-refractivity contribution in [1.29, 1.82) is 0 Å². The predicted octanol–water partition coefficient (Wildman–Crippen LogP) is 4.00. The van der Waals surface area contributed by atoms with Gasteiger partial charge in [0.05, 0.1) is 16.8 Å². The molecule has 0 bridgehead atoms. The first-order valence-electron chi connectivity index (χ1n) is 7.47. The van der Waals surface area contributed by atoms with Crippen molar-refractivity contribution in [3.05, 3.63) is 63.7 Å². The highest BCUT2D eigenvalue weighted by Gasteiger charge is 2.43. The summed E-state index contributed by atoms with van der Waals surface area (Å²) >= 11 is 7.37. The number of thiazole rings is 1. The van der Waals surface area contributed by atoms with Gasteiger partial charge in [-0.15, -0.1) is 11.3 Å². The number of Topliss-reactive ketones (excluding diaryl/α,β-unsaturated/α-hetero) is 3. The number of hydrogen-bond acceptors (Lipinski definition) is 5. The number of ketones is 3. The zero-order valence-corrected chi connectivity index (χ0v) is 15.3. The van der Waals surface area contributed by atoms with Gasteiger partial charge in [-0.25, -0.2) is 4.98 Å². The van der Waals surface area contributed by atoms with Crippen LogP contribution in [0.4, 0.5) is 0 Å². The van der Waals surface area contributed by atoms with Crippen molar-refractivity contribution in [2.75, 3.05) is 0 Å². The lowest BCUT2D eigenvalue weighted by atomic mass is 9.78. The Labute approximate surface area is 153 Å². The smallest absolute Gasteiger partial charge is 0.199 e. The van der Waals surface area contributed by atoms with E-state index < -0.39 is 23.3 Å². The number of allylic oxidation sites excluding steroid dienone is 2. The van der Waals surface area contributed by atoms with Gasteiger partial charge in [-0.1, -0.05) is 30.8 Å². The molecule has 1 fully saturated rings. The van der Waals surface area contributed by atoms with Crippen LogP contribution in [0.3, 0.4) is 0 Å². The minimum Gasteiger partial charge on any atom is -0.293 e. The summed E-state index contributed by atoms with van der Waals surface area (Å²) in [5.41, 5.74) is 1.75. The number of benzene rings is 1. The molecule has 1 aromatic carbocycles. The molecule has 0 spiro atoms. The third-order valence-electron chi connectivity index (χ3n) is 4.19.